The van der Waals surface area contributed by atoms with Gasteiger partial charge in [0.1, 0.15) is 5.54 Å². The molecule has 6 nitrogen and oxygen atoms in total. The fourth-order valence-corrected chi connectivity index (χ4v) is 1.57. The molecule has 0 aromatic heterocycles. The largest absolute Gasteiger partial charge is 0.480 e. The Morgan fingerprint density at radius 3 is 2.73 bits per heavy atom. The van der Waals surface area contributed by atoms with Crippen LogP contribution < -0.4 is 5.73 Å². The Hall–Kier alpha value is -1.14. The van der Waals surface area contributed by atoms with Gasteiger partial charge in [-0.1, -0.05) is 0 Å². The Bertz CT molecular complexity index is 269. The molecule has 1 aliphatic rings. The highest BCUT2D eigenvalue weighted by Gasteiger charge is 2.42. The van der Waals surface area contributed by atoms with Gasteiger partial charge in [-0.15, -0.1) is 0 Å². The number of carbonyl (C=O) groups is 2. The summed E-state index contributed by atoms with van der Waals surface area (Å²) in [5.41, 5.74) is 4.36. The predicted molar refractivity (Wildman–Crippen MR) is 52.2 cm³/mol. The van der Waals surface area contributed by atoms with Gasteiger partial charge < -0.3 is 20.5 Å². The first-order chi connectivity index (χ1) is 6.99. The molecule has 1 fully saturated rings. The number of hydrogen-bond donors (Lipinski definition) is 2. The van der Waals surface area contributed by atoms with Crippen LogP contribution in [-0.4, -0.2) is 54.2 Å². The van der Waals surface area contributed by atoms with Crippen molar-refractivity contribution >= 4 is 11.9 Å². The van der Waals surface area contributed by atoms with Crippen LogP contribution in [0.3, 0.4) is 0 Å². The van der Waals surface area contributed by atoms with Gasteiger partial charge in [0.2, 0.25) is 5.91 Å². The van der Waals surface area contributed by atoms with Crippen LogP contribution in [0.25, 0.3) is 0 Å². The number of hydrogen-bond acceptors (Lipinski definition) is 4. The third-order valence-electron chi connectivity index (χ3n) is 2.60. The average molecular weight is 216 g/mol. The van der Waals surface area contributed by atoms with E-state index < -0.39 is 11.5 Å². The molecule has 1 heterocycles. The van der Waals surface area contributed by atoms with Gasteiger partial charge in [-0.2, -0.15) is 0 Å². The Morgan fingerprint density at radius 1 is 1.60 bits per heavy atom. The van der Waals surface area contributed by atoms with E-state index in [-0.39, 0.29) is 18.9 Å². The number of carbonyl (C=O) groups excluding carboxylic acids is 1. The quantitative estimate of drug-likeness (QED) is 0.631. The maximum atomic E-state index is 11.5. The van der Waals surface area contributed by atoms with Gasteiger partial charge in [0.05, 0.1) is 13.0 Å². The minimum Gasteiger partial charge on any atom is -0.480 e. The molecule has 0 aliphatic carbocycles. The Balaban J connectivity index is 2.49. The van der Waals surface area contributed by atoms with Gasteiger partial charge in [0.15, 0.2) is 0 Å². The number of likely N-dealkylation sites (tertiary alicyclic amines) is 1. The van der Waals surface area contributed by atoms with Crippen molar-refractivity contribution in [2.24, 2.45) is 5.73 Å². The second-order valence-electron chi connectivity index (χ2n) is 3.77. The minimum atomic E-state index is -1.28. The molecule has 15 heavy (non-hydrogen) atoms. The van der Waals surface area contributed by atoms with Gasteiger partial charge in [-0.25, -0.2) is 0 Å². The van der Waals surface area contributed by atoms with E-state index in [0.717, 1.165) is 0 Å². The third kappa shape index (κ3) is 2.66. The van der Waals surface area contributed by atoms with Crippen molar-refractivity contribution in [3.05, 3.63) is 0 Å². The second-order valence-corrected chi connectivity index (χ2v) is 3.77. The smallest absolute Gasteiger partial charge is 0.325 e. The van der Waals surface area contributed by atoms with E-state index in [4.69, 9.17) is 15.6 Å². The molecule has 86 valence electrons. The van der Waals surface area contributed by atoms with Crippen LogP contribution in [0.5, 0.6) is 0 Å². The van der Waals surface area contributed by atoms with E-state index in [0.29, 0.717) is 19.6 Å². The zero-order valence-electron chi connectivity index (χ0n) is 8.73. The average Bonchev–Trinajstić information content (AvgIpc) is 2.59. The summed E-state index contributed by atoms with van der Waals surface area (Å²) in [4.78, 5) is 23.8. The third-order valence-corrected chi connectivity index (χ3v) is 2.60. The van der Waals surface area contributed by atoms with Crippen molar-refractivity contribution in [1.82, 2.24) is 4.90 Å². The predicted octanol–water partition coefficient (Wildman–Crippen LogP) is -0.963. The molecule has 1 unspecified atom stereocenters. The van der Waals surface area contributed by atoms with Crippen LogP contribution in [0.15, 0.2) is 0 Å². The Labute approximate surface area is 88.0 Å². The van der Waals surface area contributed by atoms with E-state index in [9.17, 15) is 9.59 Å². The molecule has 1 saturated heterocycles. The summed E-state index contributed by atoms with van der Waals surface area (Å²) in [5, 5.41) is 8.86. The molecule has 3 N–H and O–H groups in total. The summed E-state index contributed by atoms with van der Waals surface area (Å²) in [6, 6.07) is 0. The minimum absolute atomic E-state index is 0.0882. The first-order valence-corrected chi connectivity index (χ1v) is 4.78. The summed E-state index contributed by atoms with van der Waals surface area (Å²) < 4.78 is 4.78. The SMILES string of the molecule is COCCC(=O)N1CCC(N)(C(=O)O)C1. The summed E-state index contributed by atoms with van der Waals surface area (Å²) in [6.45, 7) is 0.843. The highest BCUT2D eigenvalue weighted by Crippen LogP contribution is 2.19. The monoisotopic (exact) mass is 216 g/mol. The molecule has 0 bridgehead atoms. The van der Waals surface area contributed by atoms with Crippen LogP contribution in [0.4, 0.5) is 0 Å². The molecule has 0 saturated carbocycles. The maximum absolute atomic E-state index is 11.5. The molecule has 0 aromatic carbocycles. The zero-order valence-corrected chi connectivity index (χ0v) is 8.73. The van der Waals surface area contributed by atoms with Crippen LogP contribution in [0.2, 0.25) is 0 Å². The summed E-state index contributed by atoms with van der Waals surface area (Å²) in [6.07, 6.45) is 0.577. The molecule has 0 spiro atoms. The Morgan fingerprint density at radius 2 is 2.27 bits per heavy atom. The van der Waals surface area contributed by atoms with Gasteiger partial charge in [-0.05, 0) is 6.42 Å². The molecule has 1 amide bonds. The van der Waals surface area contributed by atoms with Crippen molar-refractivity contribution in [3.63, 3.8) is 0 Å². The van der Waals surface area contributed by atoms with Crippen LogP contribution >= 0.6 is 0 Å². The number of amides is 1. The molecule has 1 aliphatic heterocycles. The number of carboxylic acids is 1. The molecule has 0 radical (unpaired) electrons. The van der Waals surface area contributed by atoms with Gasteiger partial charge in [0.25, 0.3) is 0 Å². The molecule has 1 rings (SSSR count). The lowest BCUT2D eigenvalue weighted by atomic mass is 10.0. The van der Waals surface area contributed by atoms with E-state index in [1.807, 2.05) is 0 Å². The second kappa shape index (κ2) is 4.59. The standard InChI is InChI=1S/C9H16N2O4/c1-15-5-2-7(12)11-4-3-9(10,6-11)8(13)14/h2-6,10H2,1H3,(H,13,14). The van der Waals surface area contributed by atoms with Gasteiger partial charge in [0, 0.05) is 20.2 Å². The van der Waals surface area contributed by atoms with Crippen molar-refractivity contribution in [2.45, 2.75) is 18.4 Å². The van der Waals surface area contributed by atoms with Gasteiger partial charge in [-0.3, -0.25) is 9.59 Å². The topological polar surface area (TPSA) is 92.9 Å². The van der Waals surface area contributed by atoms with Crippen LogP contribution in [-0.2, 0) is 14.3 Å². The molecule has 6 heteroatoms. The summed E-state index contributed by atoms with van der Waals surface area (Å²) in [5.74, 6) is -1.16. The van der Waals surface area contributed by atoms with E-state index in [1.165, 1.54) is 12.0 Å². The highest BCUT2D eigenvalue weighted by atomic mass is 16.5. The maximum Gasteiger partial charge on any atom is 0.325 e. The van der Waals surface area contributed by atoms with Gasteiger partial charge >= 0.3 is 5.97 Å². The van der Waals surface area contributed by atoms with Crippen LogP contribution in [0, 0.1) is 0 Å². The fraction of sp³-hybridized carbons (Fsp3) is 0.778. The van der Waals surface area contributed by atoms with Crippen molar-refractivity contribution in [2.75, 3.05) is 26.8 Å². The number of nitrogens with two attached hydrogens (primary N) is 1. The van der Waals surface area contributed by atoms with Crippen molar-refractivity contribution in [3.8, 4) is 0 Å². The normalized spacial score (nSPS) is 25.6. The van der Waals surface area contributed by atoms with Crippen molar-refractivity contribution in [1.29, 1.82) is 0 Å². The number of ether oxygens (including phenoxy) is 1. The summed E-state index contributed by atoms with van der Waals surface area (Å²) >= 11 is 0. The van der Waals surface area contributed by atoms with E-state index >= 15 is 0 Å². The lowest BCUT2D eigenvalue weighted by molar-refractivity contribution is -0.143. The molecule has 0 aromatic rings. The number of carboxylic acid groups (broad SMARTS) is 1. The summed E-state index contributed by atoms with van der Waals surface area (Å²) in [7, 11) is 1.52. The van der Waals surface area contributed by atoms with E-state index in [2.05, 4.69) is 0 Å². The lowest BCUT2D eigenvalue weighted by Crippen LogP contribution is -2.50. The first kappa shape index (κ1) is 11.9. The number of nitrogens with zero attached hydrogens (tertiary/aromatic N) is 1. The zero-order chi connectivity index (χ0) is 11.5. The van der Waals surface area contributed by atoms with Crippen molar-refractivity contribution < 1.29 is 19.4 Å². The van der Waals surface area contributed by atoms with Crippen LogP contribution in [0.1, 0.15) is 12.8 Å². The number of rotatable bonds is 4. The molecule has 1 atom stereocenters. The Kier molecular flexibility index (Phi) is 3.65. The van der Waals surface area contributed by atoms with E-state index in [1.54, 1.807) is 0 Å². The molecular formula is C9H16N2O4. The lowest BCUT2D eigenvalue weighted by Gasteiger charge is -2.19. The molecular weight excluding hydrogens is 200 g/mol. The first-order valence-electron chi connectivity index (χ1n) is 4.78. The number of aliphatic carboxylic acids is 1. The fourth-order valence-electron chi connectivity index (χ4n) is 1.57. The number of methoxy groups -OCH3 is 1. The highest BCUT2D eigenvalue weighted by molar-refractivity contribution is 5.83.